The summed E-state index contributed by atoms with van der Waals surface area (Å²) in [6.07, 6.45) is 9.29. The number of ether oxygens (including phenoxy) is 1. The summed E-state index contributed by atoms with van der Waals surface area (Å²) in [5, 5.41) is 2.10. The molecule has 4 aromatic heterocycles. The Labute approximate surface area is 219 Å². The molecule has 1 fully saturated rings. The second kappa shape index (κ2) is 9.27. The summed E-state index contributed by atoms with van der Waals surface area (Å²) in [6, 6.07) is 24.3. The maximum absolute atomic E-state index is 13.6. The first-order valence-corrected chi connectivity index (χ1v) is 12.8. The Bertz CT molecular complexity index is 1820. The normalized spacial score (nSPS) is 13.3. The molecule has 7 heteroatoms. The second-order valence-corrected chi connectivity index (χ2v) is 9.66. The summed E-state index contributed by atoms with van der Waals surface area (Å²) in [5.74, 6) is 0.558. The number of hydrogen-bond donors (Lipinski definition) is 0. The van der Waals surface area contributed by atoms with Gasteiger partial charge in [-0.3, -0.25) is 19.1 Å². The zero-order valence-electron chi connectivity index (χ0n) is 20.7. The molecule has 0 aliphatic heterocycles. The van der Waals surface area contributed by atoms with Gasteiger partial charge in [-0.2, -0.15) is 0 Å². The first kappa shape index (κ1) is 22.4. The summed E-state index contributed by atoms with van der Waals surface area (Å²) in [7, 11) is 0. The third-order valence-corrected chi connectivity index (χ3v) is 7.12. The predicted octanol–water partition coefficient (Wildman–Crippen LogP) is 5.77. The monoisotopic (exact) mass is 499 g/mol. The summed E-state index contributed by atoms with van der Waals surface area (Å²) < 4.78 is 9.62. The van der Waals surface area contributed by atoms with Gasteiger partial charge in [0.2, 0.25) is 5.88 Å². The van der Waals surface area contributed by atoms with Crippen molar-refractivity contribution >= 4 is 21.8 Å². The Morgan fingerprint density at radius 2 is 1.68 bits per heavy atom. The van der Waals surface area contributed by atoms with Crippen molar-refractivity contribution in [3.05, 3.63) is 119 Å². The lowest BCUT2D eigenvalue weighted by Crippen LogP contribution is -2.24. The van der Waals surface area contributed by atoms with Gasteiger partial charge in [0.25, 0.3) is 0 Å². The Morgan fingerprint density at radius 1 is 0.842 bits per heavy atom. The van der Waals surface area contributed by atoms with Gasteiger partial charge in [0.05, 0.1) is 29.5 Å². The molecule has 0 spiro atoms. The number of aromatic nitrogens is 5. The van der Waals surface area contributed by atoms with Gasteiger partial charge < -0.3 is 4.74 Å². The van der Waals surface area contributed by atoms with Gasteiger partial charge in [-0.05, 0) is 35.9 Å². The van der Waals surface area contributed by atoms with E-state index in [1.807, 2.05) is 77.6 Å². The number of benzene rings is 2. The molecule has 0 unspecified atom stereocenters. The zero-order valence-corrected chi connectivity index (χ0v) is 20.7. The molecule has 2 aromatic carbocycles. The van der Waals surface area contributed by atoms with Crippen molar-refractivity contribution in [1.29, 1.82) is 0 Å². The molecule has 0 saturated heterocycles. The van der Waals surface area contributed by atoms with Crippen molar-refractivity contribution in [2.75, 3.05) is 0 Å². The summed E-state index contributed by atoms with van der Waals surface area (Å²) in [4.78, 5) is 27.3. The number of nitrogens with zero attached hydrogens (tertiary/aromatic N) is 5. The maximum Gasteiger partial charge on any atom is 0.329 e. The molecule has 0 bridgehead atoms. The van der Waals surface area contributed by atoms with Crippen molar-refractivity contribution in [3.8, 4) is 17.0 Å². The van der Waals surface area contributed by atoms with Crippen LogP contribution in [0.2, 0.25) is 0 Å². The highest BCUT2D eigenvalue weighted by Gasteiger charge is 2.29. The lowest BCUT2D eigenvalue weighted by Gasteiger charge is -2.14. The maximum atomic E-state index is 13.6. The topological polar surface area (TPSA) is 74.8 Å². The van der Waals surface area contributed by atoms with Crippen LogP contribution >= 0.6 is 0 Å². The molecule has 0 N–H and O–H groups in total. The highest BCUT2D eigenvalue weighted by atomic mass is 16.5. The Morgan fingerprint density at radius 3 is 2.50 bits per heavy atom. The molecule has 1 aliphatic rings. The fourth-order valence-electron chi connectivity index (χ4n) is 5.11. The van der Waals surface area contributed by atoms with Crippen LogP contribution in [0.5, 0.6) is 5.88 Å². The van der Waals surface area contributed by atoms with E-state index in [4.69, 9.17) is 9.72 Å². The van der Waals surface area contributed by atoms with E-state index in [0.29, 0.717) is 19.0 Å². The first-order valence-electron chi connectivity index (χ1n) is 12.8. The standard InChI is InChI=1S/C31H25N5O2/c37-31-35(28-18-32-15-14-27(28)36(31)24-11-12-24)19-26-30(25-9-5-4-8-22(25)16-33-26)23-10-13-29(34-17-23)38-20-21-6-2-1-3-7-21/h1-10,13-18,24H,11-12,19-20H2. The average Bonchev–Trinajstić information content (AvgIpc) is 3.77. The van der Waals surface area contributed by atoms with Crippen LogP contribution in [0.1, 0.15) is 30.1 Å². The minimum Gasteiger partial charge on any atom is -0.473 e. The van der Waals surface area contributed by atoms with E-state index in [9.17, 15) is 4.79 Å². The van der Waals surface area contributed by atoms with Crippen LogP contribution in [0.15, 0.2) is 102 Å². The lowest BCUT2D eigenvalue weighted by molar-refractivity contribution is 0.294. The largest absolute Gasteiger partial charge is 0.473 e. The van der Waals surface area contributed by atoms with E-state index in [0.717, 1.165) is 57.0 Å². The summed E-state index contributed by atoms with van der Waals surface area (Å²) in [6.45, 7) is 0.795. The van der Waals surface area contributed by atoms with Crippen LogP contribution in [-0.4, -0.2) is 24.1 Å². The van der Waals surface area contributed by atoms with Gasteiger partial charge in [0.1, 0.15) is 6.61 Å². The third-order valence-electron chi connectivity index (χ3n) is 7.12. The second-order valence-electron chi connectivity index (χ2n) is 9.66. The number of hydrogen-bond acceptors (Lipinski definition) is 5. The highest BCUT2D eigenvalue weighted by molar-refractivity contribution is 5.97. The SMILES string of the molecule is O=c1n(Cc2ncc3ccccc3c2-c2ccc(OCc3ccccc3)nc2)c2cnccc2n1C1CC1. The van der Waals surface area contributed by atoms with Crippen molar-refractivity contribution in [2.45, 2.75) is 32.0 Å². The Balaban J connectivity index is 1.29. The molecule has 7 rings (SSSR count). The van der Waals surface area contributed by atoms with Crippen LogP contribution < -0.4 is 10.4 Å². The third kappa shape index (κ3) is 4.02. The van der Waals surface area contributed by atoms with Gasteiger partial charge in [-0.25, -0.2) is 9.78 Å². The molecular weight excluding hydrogens is 474 g/mol. The smallest absolute Gasteiger partial charge is 0.329 e. The lowest BCUT2D eigenvalue weighted by atomic mass is 9.98. The highest BCUT2D eigenvalue weighted by Crippen LogP contribution is 2.37. The van der Waals surface area contributed by atoms with Crippen molar-refractivity contribution in [2.24, 2.45) is 0 Å². The van der Waals surface area contributed by atoms with E-state index in [-0.39, 0.29) is 11.7 Å². The molecule has 0 atom stereocenters. The van der Waals surface area contributed by atoms with Crippen molar-refractivity contribution in [3.63, 3.8) is 0 Å². The molecular formula is C31H25N5O2. The Hall–Kier alpha value is -4.78. The molecule has 1 aliphatic carbocycles. The van der Waals surface area contributed by atoms with Gasteiger partial charge in [-0.1, -0.05) is 54.6 Å². The number of imidazole rings is 1. The van der Waals surface area contributed by atoms with Gasteiger partial charge in [0, 0.05) is 47.2 Å². The van der Waals surface area contributed by atoms with Crippen LogP contribution in [0.25, 0.3) is 32.9 Å². The van der Waals surface area contributed by atoms with E-state index < -0.39 is 0 Å². The molecule has 6 aromatic rings. The molecule has 38 heavy (non-hydrogen) atoms. The van der Waals surface area contributed by atoms with Crippen LogP contribution in [0, 0.1) is 0 Å². The van der Waals surface area contributed by atoms with Crippen molar-refractivity contribution < 1.29 is 4.74 Å². The number of fused-ring (bicyclic) bond motifs is 2. The quantitative estimate of drug-likeness (QED) is 0.279. The molecule has 4 heterocycles. The minimum absolute atomic E-state index is 0.0146. The molecule has 0 radical (unpaired) electrons. The predicted molar refractivity (Wildman–Crippen MR) is 147 cm³/mol. The first-order chi connectivity index (χ1) is 18.8. The van der Waals surface area contributed by atoms with Crippen molar-refractivity contribution in [1.82, 2.24) is 24.1 Å². The van der Waals surface area contributed by atoms with E-state index in [1.165, 1.54) is 0 Å². The van der Waals surface area contributed by atoms with Crippen LogP contribution in [0.4, 0.5) is 0 Å². The van der Waals surface area contributed by atoms with E-state index in [1.54, 1.807) is 17.0 Å². The van der Waals surface area contributed by atoms with Gasteiger partial charge >= 0.3 is 5.69 Å². The van der Waals surface area contributed by atoms with E-state index in [2.05, 4.69) is 22.1 Å². The molecule has 0 amide bonds. The summed E-state index contributed by atoms with van der Waals surface area (Å²) in [5.41, 5.74) is 5.53. The average molecular weight is 500 g/mol. The molecule has 7 nitrogen and oxygen atoms in total. The minimum atomic E-state index is -0.0146. The van der Waals surface area contributed by atoms with Crippen LogP contribution in [0.3, 0.4) is 0 Å². The zero-order chi connectivity index (χ0) is 25.5. The summed E-state index contributed by atoms with van der Waals surface area (Å²) >= 11 is 0. The van der Waals surface area contributed by atoms with Gasteiger partial charge in [-0.15, -0.1) is 0 Å². The Kier molecular flexibility index (Phi) is 5.47. The fraction of sp³-hybridized carbons (Fsp3) is 0.161. The van der Waals surface area contributed by atoms with Crippen LogP contribution in [-0.2, 0) is 13.2 Å². The molecule has 1 saturated carbocycles. The van der Waals surface area contributed by atoms with Gasteiger partial charge in [0.15, 0.2) is 0 Å². The number of pyridine rings is 3. The number of rotatable bonds is 7. The van der Waals surface area contributed by atoms with E-state index >= 15 is 0 Å². The molecule has 186 valence electrons. The fourth-order valence-corrected chi connectivity index (χ4v) is 5.11.